The highest BCUT2D eigenvalue weighted by Crippen LogP contribution is 2.19. The van der Waals surface area contributed by atoms with Crippen molar-refractivity contribution in [2.45, 2.75) is 39.8 Å². The molecular formula is C15H27N3O. The molecule has 0 aliphatic heterocycles. The highest BCUT2D eigenvalue weighted by molar-refractivity contribution is 5.42. The van der Waals surface area contributed by atoms with Gasteiger partial charge in [-0.2, -0.15) is 0 Å². The predicted octanol–water partition coefficient (Wildman–Crippen LogP) is 2.61. The van der Waals surface area contributed by atoms with E-state index in [1.807, 2.05) is 6.20 Å². The number of likely N-dealkylation sites (N-methyl/N-ethyl adjacent to an activating group) is 1. The van der Waals surface area contributed by atoms with Crippen LogP contribution in [0.1, 0.15) is 39.3 Å². The summed E-state index contributed by atoms with van der Waals surface area (Å²) in [6, 6.07) is 4.92. The Kier molecular flexibility index (Phi) is 6.81. The maximum absolute atomic E-state index is 5.24. The molecule has 0 saturated heterocycles. The van der Waals surface area contributed by atoms with Crippen LogP contribution in [0.5, 0.6) is 0 Å². The van der Waals surface area contributed by atoms with Crippen LogP contribution in [0, 0.1) is 0 Å². The Morgan fingerprint density at radius 3 is 2.68 bits per heavy atom. The normalized spacial score (nSPS) is 14.2. The summed E-state index contributed by atoms with van der Waals surface area (Å²) in [6.45, 7) is 11.2. The average Bonchev–Trinajstić information content (AvgIpc) is 2.40. The van der Waals surface area contributed by atoms with Gasteiger partial charge in [0.2, 0.25) is 0 Å². The van der Waals surface area contributed by atoms with Crippen molar-refractivity contribution < 1.29 is 4.74 Å². The lowest BCUT2D eigenvalue weighted by Crippen LogP contribution is -2.36. The average molecular weight is 265 g/mol. The minimum Gasteiger partial charge on any atom is -0.383 e. The van der Waals surface area contributed by atoms with Gasteiger partial charge in [0, 0.05) is 25.9 Å². The van der Waals surface area contributed by atoms with E-state index in [2.05, 4.69) is 55.0 Å². The van der Waals surface area contributed by atoms with Crippen molar-refractivity contribution in [2.75, 3.05) is 31.7 Å². The minimum absolute atomic E-state index is 0.326. The van der Waals surface area contributed by atoms with E-state index in [1.165, 1.54) is 5.56 Å². The second-order valence-electron chi connectivity index (χ2n) is 4.82. The molecule has 0 fully saturated rings. The van der Waals surface area contributed by atoms with Crippen LogP contribution in [0.2, 0.25) is 0 Å². The number of ether oxygens (including phenoxy) is 1. The van der Waals surface area contributed by atoms with E-state index in [9.17, 15) is 0 Å². The van der Waals surface area contributed by atoms with Crippen LogP contribution in [0.25, 0.3) is 0 Å². The summed E-state index contributed by atoms with van der Waals surface area (Å²) < 4.78 is 5.24. The molecule has 4 heteroatoms. The fourth-order valence-electron chi connectivity index (χ4n) is 2.32. The molecule has 0 aliphatic carbocycles. The topological polar surface area (TPSA) is 37.4 Å². The second-order valence-corrected chi connectivity index (χ2v) is 4.82. The first-order valence-electron chi connectivity index (χ1n) is 7.08. The van der Waals surface area contributed by atoms with Gasteiger partial charge in [0.15, 0.2) is 0 Å². The SMILES string of the molecule is CCNC(C)c1ccnc(N(CC)C(C)COC)c1. The second kappa shape index (κ2) is 8.12. The van der Waals surface area contributed by atoms with E-state index in [-0.39, 0.29) is 0 Å². The number of nitrogens with one attached hydrogen (secondary N) is 1. The van der Waals surface area contributed by atoms with Crippen molar-refractivity contribution in [1.29, 1.82) is 0 Å². The van der Waals surface area contributed by atoms with Crippen LogP contribution < -0.4 is 10.2 Å². The fourth-order valence-corrected chi connectivity index (χ4v) is 2.32. The first kappa shape index (κ1) is 15.9. The zero-order valence-electron chi connectivity index (χ0n) is 12.8. The lowest BCUT2D eigenvalue weighted by atomic mass is 10.1. The zero-order valence-corrected chi connectivity index (χ0v) is 12.8. The number of rotatable bonds is 8. The standard InChI is InChI=1S/C15H27N3O/c1-6-16-13(4)14-8-9-17-15(10-14)18(7-2)12(3)11-19-5/h8-10,12-13,16H,6-7,11H2,1-5H3. The third-order valence-electron chi connectivity index (χ3n) is 3.35. The Balaban J connectivity index is 2.89. The van der Waals surface area contributed by atoms with Gasteiger partial charge >= 0.3 is 0 Å². The largest absolute Gasteiger partial charge is 0.383 e. The quantitative estimate of drug-likeness (QED) is 0.784. The molecular weight excluding hydrogens is 238 g/mol. The van der Waals surface area contributed by atoms with Gasteiger partial charge in [-0.05, 0) is 45.0 Å². The Labute approximate surface area is 117 Å². The van der Waals surface area contributed by atoms with E-state index in [4.69, 9.17) is 4.74 Å². The van der Waals surface area contributed by atoms with Gasteiger partial charge in [0.05, 0.1) is 12.6 Å². The fraction of sp³-hybridized carbons (Fsp3) is 0.667. The molecule has 2 unspecified atom stereocenters. The molecule has 108 valence electrons. The first-order chi connectivity index (χ1) is 9.13. The summed E-state index contributed by atoms with van der Waals surface area (Å²) in [5.41, 5.74) is 1.27. The van der Waals surface area contributed by atoms with Crippen molar-refractivity contribution in [3.63, 3.8) is 0 Å². The molecule has 1 aromatic rings. The van der Waals surface area contributed by atoms with E-state index < -0.39 is 0 Å². The molecule has 0 aliphatic rings. The number of hydrogen-bond acceptors (Lipinski definition) is 4. The highest BCUT2D eigenvalue weighted by atomic mass is 16.5. The molecule has 19 heavy (non-hydrogen) atoms. The first-order valence-corrected chi connectivity index (χ1v) is 7.08. The molecule has 0 spiro atoms. The van der Waals surface area contributed by atoms with Crippen LogP contribution in [-0.2, 0) is 4.74 Å². The molecule has 0 amide bonds. The van der Waals surface area contributed by atoms with Gasteiger partial charge < -0.3 is 15.0 Å². The molecule has 1 N–H and O–H groups in total. The highest BCUT2D eigenvalue weighted by Gasteiger charge is 2.15. The monoisotopic (exact) mass is 265 g/mol. The summed E-state index contributed by atoms with van der Waals surface area (Å²) in [7, 11) is 1.74. The van der Waals surface area contributed by atoms with Gasteiger partial charge in [-0.1, -0.05) is 6.92 Å². The van der Waals surface area contributed by atoms with Crippen LogP contribution in [0.4, 0.5) is 5.82 Å². The summed E-state index contributed by atoms with van der Waals surface area (Å²) in [5.74, 6) is 1.02. The molecule has 1 heterocycles. The van der Waals surface area contributed by atoms with Crippen molar-refractivity contribution in [1.82, 2.24) is 10.3 Å². The van der Waals surface area contributed by atoms with Crippen LogP contribution in [-0.4, -0.2) is 37.8 Å². The molecule has 0 bridgehead atoms. The van der Waals surface area contributed by atoms with Gasteiger partial charge in [0.1, 0.15) is 5.82 Å². The maximum Gasteiger partial charge on any atom is 0.129 e. The molecule has 0 radical (unpaired) electrons. The van der Waals surface area contributed by atoms with Gasteiger partial charge in [-0.25, -0.2) is 4.98 Å². The number of anilines is 1. The van der Waals surface area contributed by atoms with Crippen LogP contribution in [0.3, 0.4) is 0 Å². The van der Waals surface area contributed by atoms with E-state index in [1.54, 1.807) is 7.11 Å². The summed E-state index contributed by atoms with van der Waals surface area (Å²) in [5, 5.41) is 3.43. The molecule has 2 atom stereocenters. The van der Waals surface area contributed by atoms with E-state index in [0.717, 1.165) is 18.9 Å². The number of pyridine rings is 1. The van der Waals surface area contributed by atoms with Crippen molar-refractivity contribution in [2.24, 2.45) is 0 Å². The summed E-state index contributed by atoms with van der Waals surface area (Å²) >= 11 is 0. The number of methoxy groups -OCH3 is 1. The molecule has 1 aromatic heterocycles. The maximum atomic E-state index is 5.24. The summed E-state index contributed by atoms with van der Waals surface area (Å²) in [4.78, 5) is 6.77. The van der Waals surface area contributed by atoms with Gasteiger partial charge in [-0.15, -0.1) is 0 Å². The van der Waals surface area contributed by atoms with Crippen molar-refractivity contribution in [3.05, 3.63) is 23.9 Å². The van der Waals surface area contributed by atoms with E-state index >= 15 is 0 Å². The molecule has 0 saturated carbocycles. The van der Waals surface area contributed by atoms with E-state index in [0.29, 0.717) is 18.7 Å². The Bertz CT molecular complexity index is 370. The van der Waals surface area contributed by atoms with Gasteiger partial charge in [-0.3, -0.25) is 0 Å². The number of hydrogen-bond donors (Lipinski definition) is 1. The smallest absolute Gasteiger partial charge is 0.129 e. The Morgan fingerprint density at radius 1 is 1.37 bits per heavy atom. The van der Waals surface area contributed by atoms with Crippen LogP contribution in [0.15, 0.2) is 18.3 Å². The predicted molar refractivity (Wildman–Crippen MR) is 80.7 cm³/mol. The minimum atomic E-state index is 0.326. The Morgan fingerprint density at radius 2 is 2.11 bits per heavy atom. The van der Waals surface area contributed by atoms with Crippen molar-refractivity contribution >= 4 is 5.82 Å². The number of aromatic nitrogens is 1. The van der Waals surface area contributed by atoms with Gasteiger partial charge in [0.25, 0.3) is 0 Å². The van der Waals surface area contributed by atoms with Crippen molar-refractivity contribution in [3.8, 4) is 0 Å². The Hall–Kier alpha value is -1.13. The summed E-state index contributed by atoms with van der Waals surface area (Å²) in [6.07, 6.45) is 1.89. The lowest BCUT2D eigenvalue weighted by molar-refractivity contribution is 0.181. The van der Waals surface area contributed by atoms with Crippen LogP contribution >= 0.6 is 0 Å². The molecule has 0 aromatic carbocycles. The molecule has 4 nitrogen and oxygen atoms in total. The molecule has 1 rings (SSSR count). The lowest BCUT2D eigenvalue weighted by Gasteiger charge is -2.29. The third-order valence-corrected chi connectivity index (χ3v) is 3.35. The number of nitrogens with zero attached hydrogens (tertiary/aromatic N) is 2. The zero-order chi connectivity index (χ0) is 14.3. The third kappa shape index (κ3) is 4.48.